The van der Waals surface area contributed by atoms with Crippen molar-refractivity contribution in [1.29, 1.82) is 0 Å². The Balaban J connectivity index is 0.00000280. The molecule has 2 aliphatic rings. The van der Waals surface area contributed by atoms with Crippen molar-refractivity contribution < 1.29 is 19.1 Å². The first-order valence-electron chi connectivity index (χ1n) is 9.57. The summed E-state index contributed by atoms with van der Waals surface area (Å²) in [4.78, 5) is 32.5. The van der Waals surface area contributed by atoms with Crippen LogP contribution in [0.25, 0.3) is 0 Å². The minimum Gasteiger partial charge on any atom is -0.462 e. The Morgan fingerprint density at radius 2 is 1.82 bits per heavy atom. The molecule has 0 saturated heterocycles. The number of nitrogens with one attached hydrogen (secondary N) is 2. The number of fused-ring (bicyclic) bond motifs is 1. The first-order valence-corrected chi connectivity index (χ1v) is 10.6. The summed E-state index contributed by atoms with van der Waals surface area (Å²) in [5.41, 5.74) is 1.96. The Morgan fingerprint density at radius 1 is 1.14 bits per heavy atom. The number of ether oxygens (including phenoxy) is 2. The van der Waals surface area contributed by atoms with Gasteiger partial charge in [-0.25, -0.2) is 9.59 Å². The second-order valence-corrected chi connectivity index (χ2v) is 7.71. The number of carbonyl (C=O) groups excluding carboxylic acids is 2. The molecule has 1 aliphatic carbocycles. The van der Waals surface area contributed by atoms with Crippen LogP contribution in [0.1, 0.15) is 71.6 Å². The summed E-state index contributed by atoms with van der Waals surface area (Å²) in [7, 11) is 0. The second-order valence-electron chi connectivity index (χ2n) is 6.75. The Hall–Kier alpha value is -1.48. The maximum absolute atomic E-state index is 12.4. The average Bonchev–Trinajstić information content (AvgIpc) is 3.20. The summed E-state index contributed by atoms with van der Waals surface area (Å²) in [5, 5.41) is 4.40. The summed E-state index contributed by atoms with van der Waals surface area (Å²) >= 11 is 1.55. The van der Waals surface area contributed by atoms with Crippen LogP contribution in [-0.2, 0) is 15.2 Å². The van der Waals surface area contributed by atoms with Gasteiger partial charge in [0.1, 0.15) is 5.69 Å². The van der Waals surface area contributed by atoms with Crippen molar-refractivity contribution >= 4 is 45.8 Å². The lowest BCUT2D eigenvalue weighted by Gasteiger charge is -2.23. The Kier molecular flexibility index (Phi) is 8.42. The summed E-state index contributed by atoms with van der Waals surface area (Å²) in [5.74, 6) is -0.383. The molecule has 3 rings (SSSR count). The lowest BCUT2D eigenvalue weighted by Crippen LogP contribution is -2.36. The molecule has 2 heterocycles. The van der Waals surface area contributed by atoms with Crippen LogP contribution in [0.3, 0.4) is 0 Å². The van der Waals surface area contributed by atoms with Crippen LogP contribution in [0.15, 0.2) is 4.99 Å². The highest BCUT2D eigenvalue weighted by Crippen LogP contribution is 2.29. The van der Waals surface area contributed by atoms with Gasteiger partial charge in [-0.2, -0.15) is 0 Å². The molecule has 1 aromatic rings. The van der Waals surface area contributed by atoms with Gasteiger partial charge in [0.25, 0.3) is 0 Å². The molecule has 1 fully saturated rings. The number of H-pyrrole nitrogens is 1. The van der Waals surface area contributed by atoms with Gasteiger partial charge in [0, 0.05) is 11.4 Å². The van der Waals surface area contributed by atoms with Crippen molar-refractivity contribution in [1.82, 2.24) is 10.3 Å². The third-order valence-corrected chi connectivity index (χ3v) is 5.89. The van der Waals surface area contributed by atoms with Crippen molar-refractivity contribution in [2.75, 3.05) is 13.2 Å². The number of carbonyl (C=O) groups is 2. The van der Waals surface area contributed by atoms with E-state index in [1.807, 2.05) is 0 Å². The Labute approximate surface area is 180 Å². The third kappa shape index (κ3) is 4.92. The molecule has 0 bridgehead atoms. The van der Waals surface area contributed by atoms with E-state index in [9.17, 15) is 9.59 Å². The van der Waals surface area contributed by atoms with E-state index in [1.165, 1.54) is 12.8 Å². The number of thioether (sulfide) groups is 1. The van der Waals surface area contributed by atoms with Gasteiger partial charge in [-0.3, -0.25) is 4.99 Å². The topological polar surface area (TPSA) is 92.8 Å². The van der Waals surface area contributed by atoms with Gasteiger partial charge in [-0.15, -0.1) is 17.0 Å². The summed E-state index contributed by atoms with van der Waals surface area (Å²) < 4.78 is 10.3. The quantitative estimate of drug-likeness (QED) is 0.610. The molecule has 0 amide bonds. The van der Waals surface area contributed by atoms with Gasteiger partial charge in [0.2, 0.25) is 0 Å². The van der Waals surface area contributed by atoms with Crippen LogP contribution < -0.4 is 5.32 Å². The van der Waals surface area contributed by atoms with E-state index in [4.69, 9.17) is 14.5 Å². The number of hydrogen-bond acceptors (Lipinski definition) is 7. The highest BCUT2D eigenvalue weighted by atomic mass is 79.9. The molecule has 0 radical (unpaired) electrons. The lowest BCUT2D eigenvalue weighted by atomic mass is 9.92. The van der Waals surface area contributed by atoms with Gasteiger partial charge in [0.15, 0.2) is 5.17 Å². The maximum Gasteiger partial charge on any atom is 0.355 e. The van der Waals surface area contributed by atoms with Crippen LogP contribution in [-0.4, -0.2) is 47.4 Å². The highest BCUT2D eigenvalue weighted by molar-refractivity contribution is 8.93. The third-order valence-electron chi connectivity index (χ3n) is 4.96. The molecular weight excluding hydrogens is 446 g/mol. The molecule has 28 heavy (non-hydrogen) atoms. The van der Waals surface area contributed by atoms with Gasteiger partial charge in [-0.1, -0.05) is 24.6 Å². The number of hydrogen-bond donors (Lipinski definition) is 2. The average molecular weight is 474 g/mol. The zero-order valence-corrected chi connectivity index (χ0v) is 19.0. The fourth-order valence-corrected chi connectivity index (χ4v) is 4.60. The molecule has 2 N–H and O–H groups in total. The first-order chi connectivity index (χ1) is 13.0. The molecule has 156 valence electrons. The number of aromatic amines is 1. The van der Waals surface area contributed by atoms with E-state index in [0.29, 0.717) is 40.4 Å². The molecule has 7 nitrogen and oxygen atoms in total. The normalized spacial score (nSPS) is 20.5. The molecule has 1 aromatic heterocycles. The van der Waals surface area contributed by atoms with E-state index in [1.54, 1.807) is 32.5 Å². The van der Waals surface area contributed by atoms with Crippen LogP contribution >= 0.6 is 28.7 Å². The SMILES string of the molecule is Br.CCOC(=O)c1[nH]c(CSC2=NC3CCCCC3N2)c(C(=O)OCC)c1C. The summed E-state index contributed by atoms with van der Waals surface area (Å²) in [6, 6.07) is 0.803. The minimum atomic E-state index is -0.459. The minimum absolute atomic E-state index is 0. The second kappa shape index (κ2) is 10.3. The molecule has 1 aliphatic heterocycles. The van der Waals surface area contributed by atoms with Crippen molar-refractivity contribution in [2.45, 2.75) is 64.3 Å². The standard InChI is InChI=1S/C19H27N3O4S.BrH/c1-4-25-17(23)15-11(3)16(18(24)26-5-2)20-14(15)10-27-19-21-12-8-6-7-9-13(12)22-19;/h12-13,20H,4-10H2,1-3H3,(H,21,22);1H. The van der Waals surface area contributed by atoms with Crippen molar-refractivity contribution in [3.8, 4) is 0 Å². The number of amidine groups is 1. The Morgan fingerprint density at radius 3 is 2.50 bits per heavy atom. The molecule has 2 unspecified atom stereocenters. The fourth-order valence-electron chi connectivity index (χ4n) is 3.65. The number of esters is 2. The number of nitrogens with zero attached hydrogens (tertiary/aromatic N) is 1. The van der Waals surface area contributed by atoms with Crippen molar-refractivity contribution in [3.63, 3.8) is 0 Å². The van der Waals surface area contributed by atoms with Gasteiger partial charge in [-0.05, 0) is 39.2 Å². The largest absolute Gasteiger partial charge is 0.462 e. The molecule has 9 heteroatoms. The fraction of sp³-hybridized carbons (Fsp3) is 0.632. The molecule has 1 saturated carbocycles. The summed E-state index contributed by atoms with van der Waals surface area (Å²) in [6.07, 6.45) is 4.76. The van der Waals surface area contributed by atoms with Gasteiger partial charge in [0.05, 0.1) is 30.9 Å². The predicted octanol–water partition coefficient (Wildman–Crippen LogP) is 3.76. The molecule has 0 spiro atoms. The summed E-state index contributed by atoms with van der Waals surface area (Å²) in [6.45, 7) is 5.81. The van der Waals surface area contributed by atoms with E-state index in [0.717, 1.165) is 18.0 Å². The van der Waals surface area contributed by atoms with Crippen molar-refractivity contribution in [2.24, 2.45) is 4.99 Å². The van der Waals surface area contributed by atoms with Crippen LogP contribution in [0, 0.1) is 6.92 Å². The number of aliphatic imine (C=N–C) groups is 1. The lowest BCUT2D eigenvalue weighted by molar-refractivity contribution is 0.0518. The van der Waals surface area contributed by atoms with E-state index < -0.39 is 11.9 Å². The zero-order chi connectivity index (χ0) is 19.4. The molecule has 0 aromatic carbocycles. The van der Waals surface area contributed by atoms with E-state index in [2.05, 4.69) is 10.3 Å². The molecule has 2 atom stereocenters. The zero-order valence-electron chi connectivity index (χ0n) is 16.5. The Bertz CT molecular complexity index is 750. The van der Waals surface area contributed by atoms with Gasteiger partial charge < -0.3 is 19.8 Å². The van der Waals surface area contributed by atoms with Crippen LogP contribution in [0.5, 0.6) is 0 Å². The first kappa shape index (κ1) is 22.8. The number of halogens is 1. The number of aromatic nitrogens is 1. The maximum atomic E-state index is 12.4. The van der Waals surface area contributed by atoms with E-state index in [-0.39, 0.29) is 30.2 Å². The highest BCUT2D eigenvalue weighted by Gasteiger charge is 2.31. The molecular formula is C19H28BrN3O4S. The van der Waals surface area contributed by atoms with Crippen LogP contribution in [0.2, 0.25) is 0 Å². The smallest absolute Gasteiger partial charge is 0.355 e. The number of rotatable bonds is 6. The van der Waals surface area contributed by atoms with Crippen LogP contribution in [0.4, 0.5) is 0 Å². The van der Waals surface area contributed by atoms with E-state index >= 15 is 0 Å². The van der Waals surface area contributed by atoms with Crippen molar-refractivity contribution in [3.05, 3.63) is 22.5 Å². The monoisotopic (exact) mass is 473 g/mol. The predicted molar refractivity (Wildman–Crippen MR) is 116 cm³/mol. The van der Waals surface area contributed by atoms with Gasteiger partial charge >= 0.3 is 11.9 Å².